The molecule has 0 fully saturated rings. The Morgan fingerprint density at radius 2 is 2.10 bits per heavy atom. The lowest BCUT2D eigenvalue weighted by molar-refractivity contribution is -0.139. The zero-order valence-electron chi connectivity index (χ0n) is 10.9. The number of ether oxygens (including phenoxy) is 1. The molecule has 0 radical (unpaired) electrons. The Balaban J connectivity index is 2.12. The molecule has 1 amide bonds. The van der Waals surface area contributed by atoms with Crippen LogP contribution in [-0.2, 0) is 9.53 Å². The summed E-state index contributed by atoms with van der Waals surface area (Å²) in [6, 6.07) is 5.11. The molecule has 0 bridgehead atoms. The highest BCUT2D eigenvalue weighted by atomic mass is 35.5. The van der Waals surface area contributed by atoms with Gasteiger partial charge in [-0.2, -0.15) is 0 Å². The van der Waals surface area contributed by atoms with Crippen LogP contribution in [0.2, 0.25) is 10.0 Å². The van der Waals surface area contributed by atoms with Gasteiger partial charge in [-0.15, -0.1) is 11.3 Å². The zero-order chi connectivity index (χ0) is 15.4. The number of hydrogen-bond donors (Lipinski definition) is 1. The predicted molar refractivity (Wildman–Crippen MR) is 81.9 cm³/mol. The summed E-state index contributed by atoms with van der Waals surface area (Å²) < 4.78 is 4.44. The fourth-order valence-corrected chi connectivity index (χ4v) is 2.55. The van der Waals surface area contributed by atoms with Crippen LogP contribution in [0, 0.1) is 0 Å². The summed E-state index contributed by atoms with van der Waals surface area (Å²) in [5.41, 5.74) is 0.992. The third-order valence-electron chi connectivity index (χ3n) is 2.52. The molecule has 0 spiro atoms. The number of carbonyl (C=O) groups excluding carboxylic acids is 2. The van der Waals surface area contributed by atoms with E-state index in [4.69, 9.17) is 23.2 Å². The standard InChI is InChI=1S/C13H10Cl2N2O3S/c1-20-11(18)5-16-12(19)10-6-21-13(17-10)7-2-3-8(14)9(15)4-7/h2-4,6H,5H2,1H3,(H,16,19). The molecule has 8 heteroatoms. The molecule has 0 saturated carbocycles. The van der Waals surface area contributed by atoms with Gasteiger partial charge < -0.3 is 10.1 Å². The maximum Gasteiger partial charge on any atom is 0.325 e. The van der Waals surface area contributed by atoms with Crippen molar-refractivity contribution in [2.24, 2.45) is 0 Å². The molecule has 5 nitrogen and oxygen atoms in total. The van der Waals surface area contributed by atoms with E-state index >= 15 is 0 Å². The van der Waals surface area contributed by atoms with Crippen LogP contribution in [-0.4, -0.2) is 30.5 Å². The van der Waals surface area contributed by atoms with Crippen molar-refractivity contribution in [2.45, 2.75) is 0 Å². The van der Waals surface area contributed by atoms with E-state index in [0.717, 1.165) is 5.56 Å². The zero-order valence-corrected chi connectivity index (χ0v) is 13.2. The second-order valence-electron chi connectivity index (χ2n) is 3.93. The van der Waals surface area contributed by atoms with Crippen molar-refractivity contribution in [1.82, 2.24) is 10.3 Å². The average molecular weight is 345 g/mol. The molecule has 0 aliphatic heterocycles. The van der Waals surface area contributed by atoms with Gasteiger partial charge in [0.1, 0.15) is 17.2 Å². The molecule has 110 valence electrons. The summed E-state index contributed by atoms with van der Waals surface area (Å²) in [7, 11) is 1.25. The number of aromatic nitrogens is 1. The summed E-state index contributed by atoms with van der Waals surface area (Å²) in [6.45, 7) is -0.199. The lowest BCUT2D eigenvalue weighted by Crippen LogP contribution is -2.30. The largest absolute Gasteiger partial charge is 0.468 e. The number of thiazole rings is 1. The molecule has 1 aromatic carbocycles. The van der Waals surface area contributed by atoms with Gasteiger partial charge in [0, 0.05) is 10.9 Å². The van der Waals surface area contributed by atoms with Crippen molar-refractivity contribution in [3.63, 3.8) is 0 Å². The fraction of sp³-hybridized carbons (Fsp3) is 0.154. The van der Waals surface area contributed by atoms with Gasteiger partial charge in [-0.1, -0.05) is 29.3 Å². The maximum absolute atomic E-state index is 11.8. The molecule has 21 heavy (non-hydrogen) atoms. The molecule has 0 saturated heterocycles. The molecule has 2 rings (SSSR count). The first-order chi connectivity index (χ1) is 10.0. The normalized spacial score (nSPS) is 10.2. The first kappa shape index (κ1) is 15.8. The topological polar surface area (TPSA) is 68.3 Å². The summed E-state index contributed by atoms with van der Waals surface area (Å²) >= 11 is 13.1. The van der Waals surface area contributed by atoms with E-state index < -0.39 is 11.9 Å². The number of esters is 1. The molecular formula is C13H10Cl2N2O3S. The number of methoxy groups -OCH3 is 1. The van der Waals surface area contributed by atoms with Crippen molar-refractivity contribution in [3.8, 4) is 10.6 Å². The van der Waals surface area contributed by atoms with E-state index in [2.05, 4.69) is 15.0 Å². The Morgan fingerprint density at radius 1 is 1.33 bits per heavy atom. The number of rotatable bonds is 4. The summed E-state index contributed by atoms with van der Waals surface area (Å²) in [6.07, 6.45) is 0. The van der Waals surface area contributed by atoms with E-state index in [1.165, 1.54) is 18.4 Å². The number of hydrogen-bond acceptors (Lipinski definition) is 5. The van der Waals surface area contributed by atoms with E-state index in [0.29, 0.717) is 15.1 Å². The van der Waals surface area contributed by atoms with Crippen LogP contribution < -0.4 is 5.32 Å². The van der Waals surface area contributed by atoms with Gasteiger partial charge in [-0.25, -0.2) is 4.98 Å². The van der Waals surface area contributed by atoms with Gasteiger partial charge in [-0.3, -0.25) is 9.59 Å². The third kappa shape index (κ3) is 3.93. The number of carbonyl (C=O) groups is 2. The van der Waals surface area contributed by atoms with Crippen LogP contribution in [0.3, 0.4) is 0 Å². The number of nitrogens with one attached hydrogen (secondary N) is 1. The van der Waals surface area contributed by atoms with Gasteiger partial charge in [0.05, 0.1) is 17.2 Å². The average Bonchev–Trinajstić information content (AvgIpc) is 2.97. The van der Waals surface area contributed by atoms with E-state index in [1.54, 1.807) is 23.6 Å². The molecule has 0 aliphatic carbocycles. The monoisotopic (exact) mass is 344 g/mol. The number of amides is 1. The molecule has 1 heterocycles. The van der Waals surface area contributed by atoms with Crippen LogP contribution in [0.1, 0.15) is 10.5 Å². The number of benzene rings is 1. The van der Waals surface area contributed by atoms with E-state index in [1.807, 2.05) is 0 Å². The van der Waals surface area contributed by atoms with Crippen LogP contribution >= 0.6 is 34.5 Å². The summed E-state index contributed by atoms with van der Waals surface area (Å²) in [5.74, 6) is -0.966. The molecule has 2 aromatic rings. The SMILES string of the molecule is COC(=O)CNC(=O)c1csc(-c2ccc(Cl)c(Cl)c2)n1. The molecule has 0 aliphatic rings. The van der Waals surface area contributed by atoms with Gasteiger partial charge in [0.25, 0.3) is 5.91 Å². The second kappa shape index (κ2) is 6.89. The van der Waals surface area contributed by atoms with Crippen molar-refractivity contribution in [2.75, 3.05) is 13.7 Å². The minimum Gasteiger partial charge on any atom is -0.468 e. The van der Waals surface area contributed by atoms with Crippen LogP contribution in [0.5, 0.6) is 0 Å². The van der Waals surface area contributed by atoms with Crippen LogP contribution in [0.15, 0.2) is 23.6 Å². The first-order valence-corrected chi connectivity index (χ1v) is 7.41. The Bertz CT molecular complexity index is 688. The highest BCUT2D eigenvalue weighted by molar-refractivity contribution is 7.13. The maximum atomic E-state index is 11.8. The minimum absolute atomic E-state index is 0.199. The fourth-order valence-electron chi connectivity index (χ4n) is 1.45. The quantitative estimate of drug-likeness (QED) is 0.865. The highest BCUT2D eigenvalue weighted by Crippen LogP contribution is 2.30. The smallest absolute Gasteiger partial charge is 0.325 e. The minimum atomic E-state index is -0.525. The second-order valence-corrected chi connectivity index (χ2v) is 5.60. The van der Waals surface area contributed by atoms with Crippen molar-refractivity contribution < 1.29 is 14.3 Å². The third-order valence-corrected chi connectivity index (χ3v) is 4.15. The van der Waals surface area contributed by atoms with Crippen LogP contribution in [0.4, 0.5) is 0 Å². The van der Waals surface area contributed by atoms with Crippen molar-refractivity contribution in [1.29, 1.82) is 0 Å². The highest BCUT2D eigenvalue weighted by Gasteiger charge is 2.13. The van der Waals surface area contributed by atoms with Gasteiger partial charge in [0.2, 0.25) is 0 Å². The first-order valence-electron chi connectivity index (χ1n) is 5.77. The Kier molecular flexibility index (Phi) is 5.17. The molecular weight excluding hydrogens is 335 g/mol. The Labute approximate surface area is 134 Å². The molecule has 1 aromatic heterocycles. The van der Waals surface area contributed by atoms with E-state index in [-0.39, 0.29) is 12.2 Å². The summed E-state index contributed by atoms with van der Waals surface area (Å²) in [5, 5.41) is 5.53. The Hall–Kier alpha value is -1.63. The summed E-state index contributed by atoms with van der Waals surface area (Å²) in [4.78, 5) is 27.0. The van der Waals surface area contributed by atoms with Gasteiger partial charge in [0.15, 0.2) is 0 Å². The van der Waals surface area contributed by atoms with Crippen molar-refractivity contribution >= 4 is 46.4 Å². The predicted octanol–water partition coefficient (Wildman–Crippen LogP) is 3.02. The molecule has 0 atom stereocenters. The lowest BCUT2D eigenvalue weighted by Gasteiger charge is -2.01. The number of nitrogens with zero attached hydrogens (tertiary/aromatic N) is 1. The molecule has 0 unspecified atom stereocenters. The number of halogens is 2. The van der Waals surface area contributed by atoms with Gasteiger partial charge in [-0.05, 0) is 12.1 Å². The van der Waals surface area contributed by atoms with Crippen molar-refractivity contribution in [3.05, 3.63) is 39.3 Å². The van der Waals surface area contributed by atoms with E-state index in [9.17, 15) is 9.59 Å². The van der Waals surface area contributed by atoms with Crippen LogP contribution in [0.25, 0.3) is 10.6 Å². The molecule has 1 N–H and O–H groups in total. The Morgan fingerprint density at radius 3 is 2.76 bits per heavy atom. The van der Waals surface area contributed by atoms with Gasteiger partial charge >= 0.3 is 5.97 Å². The lowest BCUT2D eigenvalue weighted by atomic mass is 10.2.